The van der Waals surface area contributed by atoms with Crippen molar-refractivity contribution < 1.29 is 110 Å². The Kier molecular flexibility index (Phi) is 143. The van der Waals surface area contributed by atoms with Gasteiger partial charge in [-0.3, -0.25) is 0 Å². The molecule has 0 aliphatic heterocycles. The molecular weight excluding hydrogens is 443 g/mol. The molecule has 0 aliphatic carbocycles. The Morgan fingerprint density at radius 3 is 0.455 bits per heavy atom. The standard InChI is InChI=1S/3BHO2.2Gd/c3*2-1-3;;/h3*1H;;/q3*-2;2*+3. The van der Waals surface area contributed by atoms with E-state index in [0.29, 0.717) is 0 Å². The first-order valence-corrected chi connectivity index (χ1v) is 1.73. The topological polar surface area (TPSA) is 138 Å². The molecule has 2 radical (unpaired) electrons. The quantitative estimate of drug-likeness (QED) is 0.339. The van der Waals surface area contributed by atoms with Crippen molar-refractivity contribution in [2.24, 2.45) is 0 Å². The predicted octanol–water partition coefficient (Wildman–Crippen LogP) is -9.08. The van der Waals surface area contributed by atoms with Gasteiger partial charge in [0.1, 0.15) is 0 Å². The maximum Gasteiger partial charge on any atom is 3.00 e. The molecule has 0 spiro atoms. The number of hydrogen-bond acceptors (Lipinski definition) is 6. The van der Waals surface area contributed by atoms with Crippen LogP contribution in [0, 0.1) is 79.9 Å². The molecule has 0 fully saturated rings. The van der Waals surface area contributed by atoms with E-state index in [0.717, 1.165) is 0 Å². The van der Waals surface area contributed by atoms with Crippen LogP contribution in [0.15, 0.2) is 0 Å². The van der Waals surface area contributed by atoms with E-state index in [4.69, 9.17) is 30.1 Å². The van der Waals surface area contributed by atoms with E-state index in [2.05, 4.69) is 0 Å². The Labute approximate surface area is 131 Å². The van der Waals surface area contributed by atoms with E-state index in [9.17, 15) is 0 Å². The van der Waals surface area contributed by atoms with Gasteiger partial charge in [0.15, 0.2) is 0 Å². The van der Waals surface area contributed by atoms with Crippen molar-refractivity contribution >= 4 is 23.1 Å². The van der Waals surface area contributed by atoms with Gasteiger partial charge < -0.3 is 30.1 Å². The van der Waals surface area contributed by atoms with Gasteiger partial charge in [-0.25, -0.2) is 0 Å². The van der Waals surface area contributed by atoms with Gasteiger partial charge in [0.05, 0.1) is 0 Å². The van der Waals surface area contributed by atoms with Gasteiger partial charge in [-0.05, 0) is 0 Å². The van der Waals surface area contributed by atoms with Gasteiger partial charge in [0.25, 0.3) is 0 Å². The summed E-state index contributed by atoms with van der Waals surface area (Å²) in [6.07, 6.45) is 0. The fraction of sp³-hybridized carbons (Fsp3) is 0. The molecule has 0 heterocycles. The second-order valence-corrected chi connectivity index (χ2v) is 0.354. The third kappa shape index (κ3) is 209. The molecule has 0 N–H and O–H groups in total. The molecule has 0 amide bonds. The van der Waals surface area contributed by atoms with Crippen LogP contribution < -0.4 is 30.1 Å². The molecule has 0 rings (SSSR count). The van der Waals surface area contributed by atoms with E-state index in [-0.39, 0.29) is 79.9 Å². The van der Waals surface area contributed by atoms with Gasteiger partial charge in [0, 0.05) is 0 Å². The summed E-state index contributed by atoms with van der Waals surface area (Å²) in [6.45, 7) is 0. The second kappa shape index (κ2) is 54.0. The third-order valence-electron chi connectivity index (χ3n) is 0. The fourth-order valence-corrected chi connectivity index (χ4v) is 0. The van der Waals surface area contributed by atoms with E-state index in [1.54, 1.807) is 0 Å². The zero-order valence-corrected chi connectivity index (χ0v) is 9.81. The smallest absolute Gasteiger partial charge is 0.896 e. The first-order chi connectivity index (χ1) is 4.24. The molecular formula is H3B3Gd2O6. The maximum atomic E-state index is 8.38. The molecule has 64 valence electrons. The summed E-state index contributed by atoms with van der Waals surface area (Å²) in [6, 6.07) is 0. The van der Waals surface area contributed by atoms with Crippen molar-refractivity contribution in [3.63, 3.8) is 0 Å². The minimum absolute atomic E-state index is 0. The minimum Gasteiger partial charge on any atom is -0.896 e. The summed E-state index contributed by atoms with van der Waals surface area (Å²) in [5.74, 6) is 0. The molecule has 11 heavy (non-hydrogen) atoms. The largest absolute Gasteiger partial charge is 3.00 e. The Morgan fingerprint density at radius 2 is 0.455 bits per heavy atom. The second-order valence-electron chi connectivity index (χ2n) is 0.354. The normalized spacial score (nSPS) is 3.82. The van der Waals surface area contributed by atoms with E-state index in [1.165, 1.54) is 0 Å². The zero-order chi connectivity index (χ0) is 8.12. The van der Waals surface area contributed by atoms with Crippen LogP contribution in [0.4, 0.5) is 0 Å². The fourth-order valence-electron chi connectivity index (χ4n) is 0. The Balaban J connectivity index is -0.0000000150. The summed E-state index contributed by atoms with van der Waals surface area (Å²) in [5.41, 5.74) is 0. The van der Waals surface area contributed by atoms with Gasteiger partial charge in [-0.15, -0.1) is 23.1 Å². The van der Waals surface area contributed by atoms with Crippen LogP contribution in [-0.4, -0.2) is 23.1 Å². The maximum absolute atomic E-state index is 8.38. The molecule has 0 bridgehead atoms. The summed E-state index contributed by atoms with van der Waals surface area (Å²) < 4.78 is 0. The van der Waals surface area contributed by atoms with Crippen molar-refractivity contribution in [3.05, 3.63) is 0 Å². The number of rotatable bonds is 0. The summed E-state index contributed by atoms with van der Waals surface area (Å²) >= 11 is 0. The van der Waals surface area contributed by atoms with Crippen LogP contribution >= 0.6 is 0 Å². The molecule has 0 aliphatic rings. The van der Waals surface area contributed by atoms with Crippen LogP contribution in [0.2, 0.25) is 0 Å². The van der Waals surface area contributed by atoms with Gasteiger partial charge in [-0.2, -0.15) is 0 Å². The van der Waals surface area contributed by atoms with Crippen molar-refractivity contribution in [3.8, 4) is 0 Å². The van der Waals surface area contributed by atoms with Crippen LogP contribution in [0.5, 0.6) is 0 Å². The van der Waals surface area contributed by atoms with Crippen molar-refractivity contribution in [2.75, 3.05) is 0 Å². The van der Waals surface area contributed by atoms with E-state index < -0.39 is 23.1 Å². The van der Waals surface area contributed by atoms with Gasteiger partial charge in [-0.1, -0.05) is 0 Å². The van der Waals surface area contributed by atoms with Crippen LogP contribution in [0.25, 0.3) is 0 Å². The molecule has 0 aromatic carbocycles. The average Bonchev–Trinajstić information content (AvgIpc) is 1.70. The Bertz CT molecular complexity index is 20.5. The molecule has 0 atom stereocenters. The Hall–Kier alpha value is 2.60. The van der Waals surface area contributed by atoms with E-state index >= 15 is 0 Å². The number of hydrogen-bond donors (Lipinski definition) is 0. The molecule has 11 heteroatoms. The average molecular weight is 446 g/mol. The van der Waals surface area contributed by atoms with E-state index in [1.807, 2.05) is 0 Å². The van der Waals surface area contributed by atoms with Crippen LogP contribution in [-0.2, 0) is 0 Å². The molecule has 0 saturated heterocycles. The zero-order valence-electron chi connectivity index (χ0n) is 5.28. The Morgan fingerprint density at radius 1 is 0.455 bits per heavy atom. The summed E-state index contributed by atoms with van der Waals surface area (Å²) in [7, 11) is -3.75. The monoisotopic (exact) mass is 448 g/mol. The van der Waals surface area contributed by atoms with Crippen LogP contribution in [0.1, 0.15) is 0 Å². The van der Waals surface area contributed by atoms with Crippen molar-refractivity contribution in [2.45, 2.75) is 0 Å². The molecule has 6 nitrogen and oxygen atoms in total. The third-order valence-corrected chi connectivity index (χ3v) is 0. The van der Waals surface area contributed by atoms with Crippen molar-refractivity contribution in [1.82, 2.24) is 0 Å². The molecule has 0 aromatic rings. The minimum atomic E-state index is -1.25. The molecule has 0 aromatic heterocycles. The van der Waals surface area contributed by atoms with Crippen LogP contribution in [0.3, 0.4) is 0 Å². The predicted molar refractivity (Wildman–Crippen MR) is 21.4 cm³/mol. The molecule has 0 saturated carbocycles. The molecule has 0 unspecified atom stereocenters. The van der Waals surface area contributed by atoms with Crippen molar-refractivity contribution in [1.29, 1.82) is 0 Å². The summed E-state index contributed by atoms with van der Waals surface area (Å²) in [4.78, 5) is 0. The SMILES string of the molecule is [Gd+3].[Gd+3].[O-]B[O-].[O-]B[O-].[O-]B[O-]. The first-order valence-electron chi connectivity index (χ1n) is 1.73. The van der Waals surface area contributed by atoms with Gasteiger partial charge >= 0.3 is 79.9 Å². The van der Waals surface area contributed by atoms with Gasteiger partial charge in [0.2, 0.25) is 0 Å². The first kappa shape index (κ1) is 29.2. The summed E-state index contributed by atoms with van der Waals surface area (Å²) in [5, 5.41) is 50.2.